The molecule has 2 aromatic carbocycles. The highest BCUT2D eigenvalue weighted by atomic mass is 32.1. The Morgan fingerprint density at radius 3 is 2.74 bits per heavy atom. The summed E-state index contributed by atoms with van der Waals surface area (Å²) in [6.45, 7) is -0.453. The SMILES string of the molecule is COc1ccc(C2=NCC(=O)N(CC(=O)Nc3cc(F)ccc3F)c3sc4c(c32)CCC4)cc1. The van der Waals surface area contributed by atoms with Crippen LogP contribution in [0.25, 0.3) is 0 Å². The van der Waals surface area contributed by atoms with Gasteiger partial charge in [0.2, 0.25) is 11.8 Å². The van der Waals surface area contributed by atoms with Gasteiger partial charge in [0.15, 0.2) is 0 Å². The van der Waals surface area contributed by atoms with Crippen molar-refractivity contribution in [2.24, 2.45) is 4.99 Å². The summed E-state index contributed by atoms with van der Waals surface area (Å²) in [5.41, 5.74) is 3.33. The number of aryl methyl sites for hydroxylation is 1. The highest BCUT2D eigenvalue weighted by Gasteiger charge is 2.34. The van der Waals surface area contributed by atoms with Crippen LogP contribution in [0, 0.1) is 11.6 Å². The fourth-order valence-corrected chi connectivity index (χ4v) is 5.73. The van der Waals surface area contributed by atoms with Gasteiger partial charge in [-0.2, -0.15) is 0 Å². The van der Waals surface area contributed by atoms with Crippen LogP contribution in [0.2, 0.25) is 0 Å². The van der Waals surface area contributed by atoms with Crippen LogP contribution in [0.15, 0.2) is 47.5 Å². The van der Waals surface area contributed by atoms with Gasteiger partial charge < -0.3 is 10.1 Å². The number of rotatable bonds is 5. The number of anilines is 2. The van der Waals surface area contributed by atoms with Crippen molar-refractivity contribution in [2.75, 3.05) is 30.4 Å². The molecule has 2 heterocycles. The van der Waals surface area contributed by atoms with E-state index in [0.29, 0.717) is 16.5 Å². The molecule has 3 aromatic rings. The molecule has 2 aliphatic rings. The summed E-state index contributed by atoms with van der Waals surface area (Å²) < 4.78 is 32.8. The van der Waals surface area contributed by atoms with Crippen LogP contribution < -0.4 is 15.0 Å². The van der Waals surface area contributed by atoms with E-state index in [4.69, 9.17) is 4.74 Å². The van der Waals surface area contributed by atoms with Gasteiger partial charge in [0.05, 0.1) is 18.5 Å². The van der Waals surface area contributed by atoms with Crippen LogP contribution in [-0.2, 0) is 22.4 Å². The Kier molecular flexibility index (Phi) is 5.87. The van der Waals surface area contributed by atoms with Crippen molar-refractivity contribution < 1.29 is 23.1 Å². The number of thiophene rings is 1. The standard InChI is InChI=1S/C25H21F2N3O3S/c1-33-16-8-5-14(6-9-16)24-23-17-3-2-4-20(17)34-25(23)30(22(32)12-28-24)13-21(31)29-19-11-15(26)7-10-18(19)27/h5-11H,2-4,12-13H2,1H3,(H,29,31). The quantitative estimate of drug-likeness (QED) is 0.589. The van der Waals surface area contributed by atoms with Crippen molar-refractivity contribution in [3.05, 3.63) is 75.7 Å². The first kappa shape index (κ1) is 22.2. The minimum Gasteiger partial charge on any atom is -0.497 e. The first-order valence-corrected chi connectivity index (χ1v) is 11.7. The average Bonchev–Trinajstić information content (AvgIpc) is 3.39. The normalized spacial score (nSPS) is 14.9. The molecule has 1 aliphatic carbocycles. The van der Waals surface area contributed by atoms with Crippen LogP contribution >= 0.6 is 11.3 Å². The molecule has 9 heteroatoms. The second-order valence-electron chi connectivity index (χ2n) is 8.08. The van der Waals surface area contributed by atoms with Crippen molar-refractivity contribution in [2.45, 2.75) is 19.3 Å². The average molecular weight is 482 g/mol. The van der Waals surface area contributed by atoms with Crippen LogP contribution in [-0.4, -0.2) is 37.7 Å². The molecule has 1 aliphatic heterocycles. The highest BCUT2D eigenvalue weighted by molar-refractivity contribution is 7.17. The Hall–Kier alpha value is -3.59. The zero-order valence-corrected chi connectivity index (χ0v) is 19.2. The molecule has 0 fully saturated rings. The Morgan fingerprint density at radius 1 is 1.18 bits per heavy atom. The third kappa shape index (κ3) is 4.07. The van der Waals surface area contributed by atoms with Crippen molar-refractivity contribution >= 4 is 39.6 Å². The number of aliphatic imine (C=N–C) groups is 1. The summed E-state index contributed by atoms with van der Waals surface area (Å²) >= 11 is 1.50. The third-order valence-electron chi connectivity index (χ3n) is 5.93. The molecule has 174 valence electrons. The lowest BCUT2D eigenvalue weighted by Crippen LogP contribution is -2.39. The largest absolute Gasteiger partial charge is 0.497 e. The molecule has 2 amide bonds. The van der Waals surface area contributed by atoms with Crippen molar-refractivity contribution in [3.63, 3.8) is 0 Å². The number of carbonyl (C=O) groups excluding carboxylic acids is 2. The molecule has 0 saturated heterocycles. The van der Waals surface area contributed by atoms with Gasteiger partial charge >= 0.3 is 0 Å². The lowest BCUT2D eigenvalue weighted by Gasteiger charge is -2.20. The van der Waals surface area contributed by atoms with E-state index in [9.17, 15) is 18.4 Å². The molecular formula is C25H21F2N3O3S. The third-order valence-corrected chi connectivity index (χ3v) is 7.24. The van der Waals surface area contributed by atoms with E-state index >= 15 is 0 Å². The van der Waals surface area contributed by atoms with Gasteiger partial charge in [-0.25, -0.2) is 8.78 Å². The second kappa shape index (κ2) is 8.98. The predicted octanol–water partition coefficient (Wildman–Crippen LogP) is 4.35. The maximum absolute atomic E-state index is 14.0. The van der Waals surface area contributed by atoms with Gasteiger partial charge in [0, 0.05) is 22.1 Å². The van der Waals surface area contributed by atoms with Crippen LogP contribution in [0.4, 0.5) is 19.5 Å². The topological polar surface area (TPSA) is 71.0 Å². The summed E-state index contributed by atoms with van der Waals surface area (Å²) in [5.74, 6) is -1.66. The fraction of sp³-hybridized carbons (Fsp3) is 0.240. The molecular weight excluding hydrogens is 460 g/mol. The molecule has 0 radical (unpaired) electrons. The molecule has 6 nitrogen and oxygen atoms in total. The number of nitrogens with one attached hydrogen (secondary N) is 1. The Labute approximate surface area is 198 Å². The first-order valence-electron chi connectivity index (χ1n) is 10.8. The van der Waals surface area contributed by atoms with Crippen molar-refractivity contribution in [1.82, 2.24) is 0 Å². The van der Waals surface area contributed by atoms with Crippen molar-refractivity contribution in [1.29, 1.82) is 0 Å². The molecule has 0 unspecified atom stereocenters. The first-order chi connectivity index (χ1) is 16.4. The number of fused-ring (bicyclic) bond motifs is 3. The maximum atomic E-state index is 14.0. The van der Waals surface area contributed by atoms with E-state index in [1.54, 1.807) is 7.11 Å². The van der Waals surface area contributed by atoms with Gasteiger partial charge in [-0.3, -0.25) is 19.5 Å². The number of carbonyl (C=O) groups is 2. The van der Waals surface area contributed by atoms with Gasteiger partial charge in [-0.15, -0.1) is 11.3 Å². The highest BCUT2D eigenvalue weighted by Crippen LogP contribution is 2.43. The number of halogens is 2. The summed E-state index contributed by atoms with van der Waals surface area (Å²) in [4.78, 5) is 33.1. The number of methoxy groups -OCH3 is 1. The lowest BCUT2D eigenvalue weighted by atomic mass is 9.99. The molecule has 0 atom stereocenters. The number of nitrogens with zero attached hydrogens (tertiary/aromatic N) is 2. The molecule has 0 spiro atoms. The Balaban J connectivity index is 1.50. The minimum atomic E-state index is -0.752. The lowest BCUT2D eigenvalue weighted by molar-refractivity contribution is -0.120. The summed E-state index contributed by atoms with van der Waals surface area (Å²) in [5, 5.41) is 3.04. The van der Waals surface area contributed by atoms with Gasteiger partial charge in [-0.05, 0) is 61.2 Å². The summed E-state index contributed by atoms with van der Waals surface area (Å²) in [7, 11) is 1.60. The van der Waals surface area contributed by atoms with Crippen LogP contribution in [0.5, 0.6) is 5.75 Å². The van der Waals surface area contributed by atoms with Gasteiger partial charge in [-0.1, -0.05) is 0 Å². The predicted molar refractivity (Wildman–Crippen MR) is 127 cm³/mol. The van der Waals surface area contributed by atoms with E-state index in [-0.39, 0.29) is 24.7 Å². The van der Waals surface area contributed by atoms with Crippen LogP contribution in [0.1, 0.15) is 28.0 Å². The molecule has 1 N–H and O–H groups in total. The van der Waals surface area contributed by atoms with Gasteiger partial charge in [0.25, 0.3) is 0 Å². The zero-order valence-electron chi connectivity index (χ0n) is 18.4. The van der Waals surface area contributed by atoms with Crippen LogP contribution in [0.3, 0.4) is 0 Å². The van der Waals surface area contributed by atoms with E-state index in [0.717, 1.165) is 54.2 Å². The van der Waals surface area contributed by atoms with E-state index < -0.39 is 17.5 Å². The van der Waals surface area contributed by atoms with Crippen molar-refractivity contribution in [3.8, 4) is 5.75 Å². The molecule has 0 bridgehead atoms. The van der Waals surface area contributed by atoms with Gasteiger partial charge in [0.1, 0.15) is 35.5 Å². The smallest absolute Gasteiger partial charge is 0.249 e. The maximum Gasteiger partial charge on any atom is 0.249 e. The van der Waals surface area contributed by atoms with E-state index in [1.807, 2.05) is 24.3 Å². The number of ether oxygens (including phenoxy) is 1. The fourth-order valence-electron chi connectivity index (χ4n) is 4.32. The van der Waals surface area contributed by atoms with E-state index in [1.165, 1.54) is 21.1 Å². The molecule has 34 heavy (non-hydrogen) atoms. The summed E-state index contributed by atoms with van der Waals surface area (Å²) in [6, 6.07) is 10.3. The Morgan fingerprint density at radius 2 is 1.97 bits per heavy atom. The number of hydrogen-bond donors (Lipinski definition) is 1. The monoisotopic (exact) mass is 481 g/mol. The second-order valence-corrected chi connectivity index (χ2v) is 9.17. The molecule has 0 saturated carbocycles. The number of benzene rings is 2. The molecule has 5 rings (SSSR count). The number of hydrogen-bond acceptors (Lipinski definition) is 5. The van der Waals surface area contributed by atoms with E-state index in [2.05, 4.69) is 10.3 Å². The molecule has 1 aromatic heterocycles. The minimum absolute atomic E-state index is 0.126. The Bertz CT molecular complexity index is 1320. The zero-order chi connectivity index (χ0) is 23.8. The number of amides is 2. The summed E-state index contributed by atoms with van der Waals surface area (Å²) in [6.07, 6.45) is 2.81.